The van der Waals surface area contributed by atoms with E-state index in [1.807, 2.05) is 0 Å². The number of benzene rings is 1. The standard InChI is InChI=1S/C12H11NO4S2/c1-16-7-3-6(4-8(17-2)10(7)14)5-9-11(18)13-12(15)19-9/h3-5,14H,1-2H3,(H,13,15,18)/b9-5-. The molecule has 1 aliphatic rings. The van der Waals surface area contributed by atoms with Gasteiger partial charge in [-0.2, -0.15) is 0 Å². The molecule has 0 radical (unpaired) electrons. The first-order chi connectivity index (χ1) is 9.05. The fraction of sp³-hybridized carbons (Fsp3) is 0.167. The summed E-state index contributed by atoms with van der Waals surface area (Å²) in [5.74, 6) is 0.516. The number of methoxy groups -OCH3 is 2. The van der Waals surface area contributed by atoms with Gasteiger partial charge in [-0.15, -0.1) is 0 Å². The van der Waals surface area contributed by atoms with E-state index in [1.165, 1.54) is 14.2 Å². The van der Waals surface area contributed by atoms with E-state index in [0.717, 1.165) is 11.8 Å². The molecule has 0 atom stereocenters. The summed E-state index contributed by atoms with van der Waals surface area (Å²) in [5, 5.41) is 12.1. The number of rotatable bonds is 3. The lowest BCUT2D eigenvalue weighted by atomic mass is 10.1. The van der Waals surface area contributed by atoms with Gasteiger partial charge >= 0.3 is 0 Å². The first-order valence-electron chi connectivity index (χ1n) is 5.25. The largest absolute Gasteiger partial charge is 0.502 e. The normalized spacial score (nSPS) is 16.6. The van der Waals surface area contributed by atoms with Crippen molar-refractivity contribution in [3.8, 4) is 17.2 Å². The summed E-state index contributed by atoms with van der Waals surface area (Å²) in [4.78, 5) is 12.2. The van der Waals surface area contributed by atoms with E-state index in [-0.39, 0.29) is 11.0 Å². The van der Waals surface area contributed by atoms with Crippen molar-refractivity contribution in [2.45, 2.75) is 0 Å². The minimum absolute atomic E-state index is 0.0667. The lowest BCUT2D eigenvalue weighted by Gasteiger charge is -2.09. The van der Waals surface area contributed by atoms with E-state index >= 15 is 0 Å². The van der Waals surface area contributed by atoms with Crippen LogP contribution in [0.25, 0.3) is 6.08 Å². The van der Waals surface area contributed by atoms with Crippen molar-refractivity contribution in [2.75, 3.05) is 14.2 Å². The van der Waals surface area contributed by atoms with Crippen molar-refractivity contribution >= 4 is 40.3 Å². The number of hydrogen-bond acceptors (Lipinski definition) is 6. The van der Waals surface area contributed by atoms with Gasteiger partial charge in [-0.1, -0.05) is 12.2 Å². The van der Waals surface area contributed by atoms with Gasteiger partial charge in [0.15, 0.2) is 11.5 Å². The highest BCUT2D eigenvalue weighted by molar-refractivity contribution is 8.19. The Morgan fingerprint density at radius 2 is 1.89 bits per heavy atom. The van der Waals surface area contributed by atoms with Crippen LogP contribution in [0.3, 0.4) is 0 Å². The molecule has 1 amide bonds. The van der Waals surface area contributed by atoms with Crippen LogP contribution in [0.4, 0.5) is 4.79 Å². The van der Waals surface area contributed by atoms with Gasteiger partial charge in [0.05, 0.1) is 19.1 Å². The summed E-state index contributed by atoms with van der Waals surface area (Å²) in [6.45, 7) is 0. The summed E-state index contributed by atoms with van der Waals surface area (Å²) in [7, 11) is 2.90. The van der Waals surface area contributed by atoms with E-state index < -0.39 is 0 Å². The fourth-order valence-corrected chi connectivity index (χ4v) is 2.60. The molecule has 1 saturated heterocycles. The van der Waals surface area contributed by atoms with Gasteiger partial charge in [0, 0.05) is 0 Å². The molecule has 2 rings (SSSR count). The molecule has 100 valence electrons. The summed E-state index contributed by atoms with van der Waals surface area (Å²) in [6, 6.07) is 3.27. The lowest BCUT2D eigenvalue weighted by molar-refractivity contribution is 0.265. The Balaban J connectivity index is 2.43. The molecule has 1 aliphatic heterocycles. The Labute approximate surface area is 119 Å². The molecule has 0 aliphatic carbocycles. The third kappa shape index (κ3) is 2.82. The molecule has 1 heterocycles. The Kier molecular flexibility index (Phi) is 3.96. The van der Waals surface area contributed by atoms with Crippen LogP contribution in [0.15, 0.2) is 17.0 Å². The zero-order valence-corrected chi connectivity index (χ0v) is 11.9. The maximum Gasteiger partial charge on any atom is 0.289 e. The second-order valence-corrected chi connectivity index (χ2v) is 5.05. The Morgan fingerprint density at radius 3 is 2.32 bits per heavy atom. The van der Waals surface area contributed by atoms with Gasteiger partial charge in [0.25, 0.3) is 5.24 Å². The summed E-state index contributed by atoms with van der Waals surface area (Å²) in [5.41, 5.74) is 0.716. The monoisotopic (exact) mass is 297 g/mol. The number of carbonyl (C=O) groups is 1. The average molecular weight is 297 g/mol. The highest BCUT2D eigenvalue weighted by Gasteiger charge is 2.22. The molecular formula is C12H11NO4S2. The summed E-state index contributed by atoms with van der Waals surface area (Å²) in [6.07, 6.45) is 1.73. The van der Waals surface area contributed by atoms with Crippen LogP contribution in [0.5, 0.6) is 17.2 Å². The van der Waals surface area contributed by atoms with Crippen LogP contribution < -0.4 is 14.8 Å². The van der Waals surface area contributed by atoms with Gasteiger partial charge in [0.2, 0.25) is 5.75 Å². The number of carbonyl (C=O) groups excluding carboxylic acids is 1. The van der Waals surface area contributed by atoms with E-state index in [0.29, 0.717) is 27.0 Å². The molecule has 2 N–H and O–H groups in total. The molecule has 1 fully saturated rings. The second-order valence-electron chi connectivity index (χ2n) is 3.63. The number of thiocarbonyl (C=S) groups is 1. The van der Waals surface area contributed by atoms with Gasteiger partial charge in [0.1, 0.15) is 4.99 Å². The number of hydrogen-bond donors (Lipinski definition) is 2. The molecule has 5 nitrogen and oxygen atoms in total. The molecule has 0 aromatic heterocycles. The number of thioether (sulfide) groups is 1. The number of nitrogens with one attached hydrogen (secondary N) is 1. The van der Waals surface area contributed by atoms with Crippen LogP contribution in [-0.4, -0.2) is 29.6 Å². The topological polar surface area (TPSA) is 67.8 Å². The zero-order valence-electron chi connectivity index (χ0n) is 10.2. The van der Waals surface area contributed by atoms with Crippen molar-refractivity contribution in [2.24, 2.45) is 0 Å². The van der Waals surface area contributed by atoms with Crippen LogP contribution in [0.1, 0.15) is 5.56 Å². The zero-order chi connectivity index (χ0) is 14.0. The SMILES string of the molecule is COc1cc(/C=C2\SC(=O)NC2=S)cc(OC)c1O. The van der Waals surface area contributed by atoms with Gasteiger partial charge < -0.3 is 19.9 Å². The lowest BCUT2D eigenvalue weighted by Crippen LogP contribution is -2.15. The van der Waals surface area contributed by atoms with Crippen LogP contribution >= 0.6 is 24.0 Å². The van der Waals surface area contributed by atoms with Crippen molar-refractivity contribution in [1.82, 2.24) is 5.32 Å². The number of aromatic hydroxyl groups is 1. The van der Waals surface area contributed by atoms with Crippen molar-refractivity contribution in [1.29, 1.82) is 0 Å². The van der Waals surface area contributed by atoms with Crippen LogP contribution in [0.2, 0.25) is 0 Å². The molecular weight excluding hydrogens is 286 g/mol. The third-order valence-corrected chi connectivity index (χ3v) is 3.72. The van der Waals surface area contributed by atoms with Crippen molar-refractivity contribution < 1.29 is 19.4 Å². The number of ether oxygens (including phenoxy) is 2. The molecule has 0 saturated carbocycles. The van der Waals surface area contributed by atoms with E-state index in [1.54, 1.807) is 18.2 Å². The maximum atomic E-state index is 11.2. The number of amides is 1. The fourth-order valence-electron chi connectivity index (χ4n) is 1.57. The van der Waals surface area contributed by atoms with Gasteiger partial charge in [-0.05, 0) is 35.5 Å². The molecule has 0 bridgehead atoms. The minimum Gasteiger partial charge on any atom is -0.502 e. The van der Waals surface area contributed by atoms with Crippen molar-refractivity contribution in [3.63, 3.8) is 0 Å². The van der Waals surface area contributed by atoms with Crippen LogP contribution in [-0.2, 0) is 0 Å². The van der Waals surface area contributed by atoms with Gasteiger partial charge in [-0.25, -0.2) is 0 Å². The number of phenols is 1. The third-order valence-electron chi connectivity index (χ3n) is 2.44. The molecule has 7 heteroatoms. The number of phenolic OH excluding ortho intramolecular Hbond substituents is 1. The quantitative estimate of drug-likeness (QED) is 0.660. The average Bonchev–Trinajstić information content (AvgIpc) is 2.69. The molecule has 1 aromatic carbocycles. The first kappa shape index (κ1) is 13.7. The summed E-state index contributed by atoms with van der Waals surface area (Å²) >= 11 is 6.06. The Hall–Kier alpha value is -1.73. The predicted octanol–water partition coefficient (Wildman–Crippen LogP) is 2.53. The molecule has 19 heavy (non-hydrogen) atoms. The van der Waals surface area contributed by atoms with E-state index in [2.05, 4.69) is 5.32 Å². The molecule has 0 unspecified atom stereocenters. The molecule has 1 aromatic rings. The first-order valence-corrected chi connectivity index (χ1v) is 6.47. The minimum atomic E-state index is -0.200. The van der Waals surface area contributed by atoms with E-state index in [4.69, 9.17) is 21.7 Å². The van der Waals surface area contributed by atoms with Crippen molar-refractivity contribution in [3.05, 3.63) is 22.6 Å². The van der Waals surface area contributed by atoms with Gasteiger partial charge in [-0.3, -0.25) is 4.79 Å². The van der Waals surface area contributed by atoms with Crippen LogP contribution in [0, 0.1) is 0 Å². The second kappa shape index (κ2) is 5.50. The van der Waals surface area contributed by atoms with E-state index in [9.17, 15) is 9.90 Å². The highest BCUT2D eigenvalue weighted by Crippen LogP contribution is 2.38. The highest BCUT2D eigenvalue weighted by atomic mass is 32.2. The molecule has 0 spiro atoms. The summed E-state index contributed by atoms with van der Waals surface area (Å²) < 4.78 is 10.1. The smallest absolute Gasteiger partial charge is 0.289 e. The predicted molar refractivity (Wildman–Crippen MR) is 77.9 cm³/mol. The maximum absolute atomic E-state index is 11.2. The Morgan fingerprint density at radius 1 is 1.32 bits per heavy atom. The Bertz CT molecular complexity index is 558.